The van der Waals surface area contributed by atoms with Gasteiger partial charge in [-0.25, -0.2) is 9.69 Å². The fraction of sp³-hybridized carbons (Fsp3) is 0. The van der Waals surface area contributed by atoms with Crippen LogP contribution in [0.4, 0.5) is 11.4 Å². The van der Waals surface area contributed by atoms with Gasteiger partial charge in [0.15, 0.2) is 0 Å². The SMILES string of the molecule is [C-]#[N+]c1cc(-c2cc(C#N)c(-n3c4ccccc4c4ccccc43)c(C#N)c2-n2c3ccccc3c3ccccc32)c(-n2c3ccccc3c3ccccc32)c([N+]#[C-])c1-n1c2ccccc2c2ccccc21. The summed E-state index contributed by atoms with van der Waals surface area (Å²) < 4.78 is 8.40. The zero-order chi connectivity index (χ0) is 48.2. The average Bonchev–Trinajstić information content (AvgIpc) is 4.17. The number of aromatic nitrogens is 4. The molecule has 10 aromatic carbocycles. The van der Waals surface area contributed by atoms with Crippen molar-refractivity contribution in [2.45, 2.75) is 0 Å². The molecule has 72 heavy (non-hydrogen) atoms. The van der Waals surface area contributed by atoms with Gasteiger partial charge in [-0.3, -0.25) is 0 Å². The number of rotatable bonds is 5. The first kappa shape index (κ1) is 40.4. The van der Waals surface area contributed by atoms with E-state index in [1.807, 2.05) is 133 Å². The molecule has 0 saturated heterocycles. The van der Waals surface area contributed by atoms with Crippen molar-refractivity contribution >= 4 is 98.6 Å². The van der Waals surface area contributed by atoms with E-state index in [1.165, 1.54) is 0 Å². The van der Waals surface area contributed by atoms with Gasteiger partial charge in [0.05, 0.1) is 85.6 Å². The van der Waals surface area contributed by atoms with Crippen LogP contribution in [0, 0.1) is 35.8 Å². The summed E-state index contributed by atoms with van der Waals surface area (Å²) in [5.41, 5.74) is 10.8. The molecular formula is C64H34N8. The molecular weight excluding hydrogens is 881 g/mol. The number of hydrogen-bond donors (Lipinski definition) is 0. The Morgan fingerprint density at radius 1 is 0.319 bits per heavy atom. The molecule has 0 aliphatic heterocycles. The van der Waals surface area contributed by atoms with Gasteiger partial charge >= 0.3 is 0 Å². The zero-order valence-corrected chi connectivity index (χ0v) is 38.2. The topological polar surface area (TPSA) is 76.0 Å². The number of para-hydroxylation sites is 8. The summed E-state index contributed by atoms with van der Waals surface area (Å²) in [6.45, 7) is 18.5. The molecule has 4 aromatic heterocycles. The van der Waals surface area contributed by atoms with Crippen molar-refractivity contribution in [3.63, 3.8) is 0 Å². The molecule has 14 aromatic rings. The number of fused-ring (bicyclic) bond motifs is 12. The molecule has 0 N–H and O–H groups in total. The Labute approximate surface area is 411 Å². The van der Waals surface area contributed by atoms with E-state index in [9.17, 15) is 17.1 Å². The van der Waals surface area contributed by atoms with Crippen LogP contribution in [-0.2, 0) is 0 Å². The molecule has 0 unspecified atom stereocenters. The van der Waals surface area contributed by atoms with E-state index in [0.717, 1.165) is 87.2 Å². The first-order valence-corrected chi connectivity index (χ1v) is 23.5. The molecule has 0 aliphatic carbocycles. The van der Waals surface area contributed by atoms with Crippen molar-refractivity contribution in [1.82, 2.24) is 18.3 Å². The Bertz CT molecular complexity index is 4350. The third-order valence-electron chi connectivity index (χ3n) is 14.5. The Balaban J connectivity index is 1.24. The molecule has 330 valence electrons. The lowest BCUT2D eigenvalue weighted by molar-refractivity contribution is 1.11. The maximum absolute atomic E-state index is 12.1. The lowest BCUT2D eigenvalue weighted by Gasteiger charge is -2.25. The molecule has 8 heteroatoms. The third kappa shape index (κ3) is 5.41. The first-order valence-electron chi connectivity index (χ1n) is 23.5. The second-order valence-corrected chi connectivity index (χ2v) is 18.0. The minimum Gasteiger partial charge on any atom is -0.329 e. The van der Waals surface area contributed by atoms with Crippen molar-refractivity contribution in [2.75, 3.05) is 0 Å². The summed E-state index contributed by atoms with van der Waals surface area (Å²) in [5.74, 6) is 0. The zero-order valence-electron chi connectivity index (χ0n) is 38.2. The predicted molar refractivity (Wildman–Crippen MR) is 291 cm³/mol. The van der Waals surface area contributed by atoms with Gasteiger partial charge in [-0.05, 0) is 66.2 Å². The van der Waals surface area contributed by atoms with Crippen LogP contribution in [0.25, 0.3) is 131 Å². The Hall–Kier alpha value is -10.6. The van der Waals surface area contributed by atoms with Crippen LogP contribution < -0.4 is 0 Å². The van der Waals surface area contributed by atoms with Crippen LogP contribution in [0.5, 0.6) is 0 Å². The van der Waals surface area contributed by atoms with Crippen molar-refractivity contribution in [2.24, 2.45) is 0 Å². The lowest BCUT2D eigenvalue weighted by Crippen LogP contribution is -2.10. The molecule has 0 atom stereocenters. The Kier molecular flexibility index (Phi) is 8.67. The van der Waals surface area contributed by atoms with Gasteiger partial charge in [-0.1, -0.05) is 146 Å². The summed E-state index contributed by atoms with van der Waals surface area (Å²) in [6, 6.07) is 74.2. The number of nitrogens with zero attached hydrogens (tertiary/aromatic N) is 8. The van der Waals surface area contributed by atoms with Gasteiger partial charge in [0.25, 0.3) is 0 Å². The number of hydrogen-bond acceptors (Lipinski definition) is 2. The molecule has 0 radical (unpaired) electrons. The van der Waals surface area contributed by atoms with Crippen LogP contribution in [-0.4, -0.2) is 18.3 Å². The highest BCUT2D eigenvalue weighted by atomic mass is 15.1. The standard InChI is InChI=1S/C64H34N8/c1-67-51-36-49(63(71-56-31-15-7-23-44(56)45-24-8-16-32-57(45)71)60(68-2)64(51)72-58-33-17-9-25-46(58)47-26-10-18-34-59(47)72)48-35-39(37-65)61(69-52-27-11-3-19-40(52)41-20-4-12-28-53(41)69)50(38-66)62(48)70-54-29-13-5-21-42(54)43-22-6-14-30-55(43)70/h3-36H. The molecule has 0 amide bonds. The summed E-state index contributed by atoms with van der Waals surface area (Å²) in [5, 5.41) is 31.6. The highest BCUT2D eigenvalue weighted by Crippen LogP contribution is 2.52. The van der Waals surface area contributed by atoms with Gasteiger partial charge in [0, 0.05) is 48.7 Å². The van der Waals surface area contributed by atoms with Crippen LogP contribution in [0.2, 0.25) is 0 Å². The van der Waals surface area contributed by atoms with E-state index in [4.69, 9.17) is 6.57 Å². The molecule has 0 spiro atoms. The number of nitriles is 2. The first-order chi connectivity index (χ1) is 35.6. The third-order valence-corrected chi connectivity index (χ3v) is 14.5. The van der Waals surface area contributed by atoms with Crippen LogP contribution in [0.3, 0.4) is 0 Å². The molecule has 0 bridgehead atoms. The van der Waals surface area contributed by atoms with E-state index in [2.05, 4.69) is 113 Å². The minimum atomic E-state index is 0.240. The maximum atomic E-state index is 12.1. The largest absolute Gasteiger partial charge is 0.329 e. The van der Waals surface area contributed by atoms with Gasteiger partial charge in [-0.2, -0.15) is 10.5 Å². The van der Waals surface area contributed by atoms with E-state index in [1.54, 1.807) is 0 Å². The maximum Gasteiger partial charge on any atom is 0.224 e. The Morgan fingerprint density at radius 2 is 0.611 bits per heavy atom. The predicted octanol–water partition coefficient (Wildman–Crippen LogP) is 16.6. The summed E-state index contributed by atoms with van der Waals surface area (Å²) in [6.07, 6.45) is 0. The highest BCUT2D eigenvalue weighted by Gasteiger charge is 2.32. The molecule has 4 heterocycles. The fourth-order valence-electron chi connectivity index (χ4n) is 11.7. The monoisotopic (exact) mass is 914 g/mol. The van der Waals surface area contributed by atoms with E-state index >= 15 is 0 Å². The van der Waals surface area contributed by atoms with E-state index in [-0.39, 0.29) is 22.5 Å². The minimum absolute atomic E-state index is 0.240. The molecule has 8 nitrogen and oxygen atoms in total. The normalized spacial score (nSPS) is 11.6. The average molecular weight is 915 g/mol. The van der Waals surface area contributed by atoms with E-state index < -0.39 is 0 Å². The fourth-order valence-corrected chi connectivity index (χ4v) is 11.7. The van der Waals surface area contributed by atoms with Crippen LogP contribution >= 0.6 is 0 Å². The number of benzene rings is 10. The summed E-state index contributed by atoms with van der Waals surface area (Å²) in [7, 11) is 0. The van der Waals surface area contributed by atoms with Crippen molar-refractivity contribution < 1.29 is 0 Å². The van der Waals surface area contributed by atoms with Crippen molar-refractivity contribution in [1.29, 1.82) is 10.5 Å². The second kappa shape index (κ2) is 15.4. The Morgan fingerprint density at radius 3 is 0.917 bits per heavy atom. The molecule has 0 saturated carbocycles. The lowest BCUT2D eigenvalue weighted by atomic mass is 9.92. The van der Waals surface area contributed by atoms with Gasteiger partial charge in [0.1, 0.15) is 17.7 Å². The highest BCUT2D eigenvalue weighted by molar-refractivity contribution is 6.16. The van der Waals surface area contributed by atoms with Crippen molar-refractivity contribution in [3.05, 3.63) is 240 Å². The summed E-state index contributed by atoms with van der Waals surface area (Å²) >= 11 is 0. The molecule has 0 fully saturated rings. The molecule has 0 aliphatic rings. The van der Waals surface area contributed by atoms with Gasteiger partial charge in [-0.15, -0.1) is 0 Å². The van der Waals surface area contributed by atoms with Crippen LogP contribution in [0.15, 0.2) is 206 Å². The summed E-state index contributed by atoms with van der Waals surface area (Å²) in [4.78, 5) is 8.85. The van der Waals surface area contributed by atoms with Gasteiger partial charge in [0.2, 0.25) is 11.4 Å². The van der Waals surface area contributed by atoms with Crippen molar-refractivity contribution in [3.8, 4) is 46.0 Å². The second-order valence-electron chi connectivity index (χ2n) is 18.0. The van der Waals surface area contributed by atoms with Gasteiger partial charge < -0.3 is 18.3 Å². The molecule has 14 rings (SSSR count). The van der Waals surface area contributed by atoms with E-state index in [0.29, 0.717) is 33.9 Å². The van der Waals surface area contributed by atoms with Crippen LogP contribution in [0.1, 0.15) is 11.1 Å². The smallest absolute Gasteiger partial charge is 0.224 e. The quantitative estimate of drug-likeness (QED) is 0.161.